The number of thioether (sulfide) groups is 1. The third kappa shape index (κ3) is 3.89. The van der Waals surface area contributed by atoms with E-state index in [9.17, 15) is 9.59 Å². The van der Waals surface area contributed by atoms with Gasteiger partial charge in [0, 0.05) is 24.5 Å². The number of rotatable bonds is 6. The summed E-state index contributed by atoms with van der Waals surface area (Å²) in [6, 6.07) is 17.4. The molecule has 1 saturated heterocycles. The molecule has 124 valence electrons. The summed E-state index contributed by atoms with van der Waals surface area (Å²) in [6.07, 6.45) is 0. The number of nitrogens with zero attached hydrogens (tertiary/aromatic N) is 1. The van der Waals surface area contributed by atoms with Crippen molar-refractivity contribution in [2.75, 3.05) is 23.7 Å². The van der Waals surface area contributed by atoms with E-state index in [0.29, 0.717) is 13.1 Å². The lowest BCUT2D eigenvalue weighted by molar-refractivity contribution is -0.126. The van der Waals surface area contributed by atoms with Crippen LogP contribution in [0.5, 0.6) is 0 Å². The van der Waals surface area contributed by atoms with Gasteiger partial charge in [0.2, 0.25) is 0 Å². The van der Waals surface area contributed by atoms with Gasteiger partial charge in [-0.1, -0.05) is 35.9 Å². The van der Waals surface area contributed by atoms with Crippen molar-refractivity contribution in [3.05, 3.63) is 60.2 Å². The first-order valence-electron chi connectivity index (χ1n) is 7.77. The number of hydrogen-bond donors (Lipinski definition) is 2. The molecule has 1 aliphatic rings. The van der Waals surface area contributed by atoms with Gasteiger partial charge in [-0.2, -0.15) is 0 Å². The molecule has 0 unspecified atom stereocenters. The van der Waals surface area contributed by atoms with Gasteiger partial charge in [0.25, 0.3) is 11.1 Å². The maximum Gasteiger partial charge on any atom is 0.290 e. The van der Waals surface area contributed by atoms with Gasteiger partial charge >= 0.3 is 0 Å². The van der Waals surface area contributed by atoms with Crippen molar-refractivity contribution >= 4 is 34.3 Å². The topological polar surface area (TPSA) is 61.4 Å². The summed E-state index contributed by atoms with van der Waals surface area (Å²) in [6.45, 7) is 2.91. The van der Waals surface area contributed by atoms with Crippen LogP contribution >= 0.6 is 11.8 Å². The number of imide groups is 1. The number of amides is 2. The van der Waals surface area contributed by atoms with Crippen LogP contribution in [0.15, 0.2) is 54.6 Å². The molecule has 0 bridgehead atoms. The first-order chi connectivity index (χ1) is 11.6. The number of para-hydroxylation sites is 1. The van der Waals surface area contributed by atoms with Crippen molar-refractivity contribution in [3.8, 4) is 0 Å². The largest absolute Gasteiger partial charge is 0.383 e. The van der Waals surface area contributed by atoms with E-state index in [2.05, 4.69) is 10.6 Å². The molecule has 0 radical (unpaired) electrons. The summed E-state index contributed by atoms with van der Waals surface area (Å²) in [5, 5.41) is 5.56. The van der Waals surface area contributed by atoms with E-state index >= 15 is 0 Å². The second-order valence-electron chi connectivity index (χ2n) is 5.56. The molecule has 5 nitrogen and oxygen atoms in total. The summed E-state index contributed by atoms with van der Waals surface area (Å²) in [7, 11) is 0. The molecule has 2 aromatic carbocycles. The minimum absolute atomic E-state index is 0.195. The first kappa shape index (κ1) is 16.4. The van der Waals surface area contributed by atoms with E-state index in [0.717, 1.165) is 23.1 Å². The minimum Gasteiger partial charge on any atom is -0.383 e. The second kappa shape index (κ2) is 7.40. The Balaban J connectivity index is 1.53. The van der Waals surface area contributed by atoms with Gasteiger partial charge in [-0.15, -0.1) is 0 Å². The van der Waals surface area contributed by atoms with Crippen LogP contribution in [0, 0.1) is 6.92 Å². The third-order valence-electron chi connectivity index (χ3n) is 3.72. The van der Waals surface area contributed by atoms with Crippen molar-refractivity contribution in [2.24, 2.45) is 0 Å². The number of anilines is 2. The molecule has 6 heteroatoms. The summed E-state index contributed by atoms with van der Waals surface area (Å²) in [4.78, 5) is 25.8. The maximum atomic E-state index is 12.4. The number of nitrogens with one attached hydrogen (secondary N) is 2. The van der Waals surface area contributed by atoms with Crippen molar-refractivity contribution in [1.82, 2.24) is 4.90 Å². The number of carbonyl (C=O) groups excluding carboxylic acids is 2. The Morgan fingerprint density at radius 3 is 2.42 bits per heavy atom. The summed E-state index contributed by atoms with van der Waals surface area (Å²) in [5.74, 6) is -0.195. The van der Waals surface area contributed by atoms with Crippen molar-refractivity contribution in [3.63, 3.8) is 0 Å². The van der Waals surface area contributed by atoms with E-state index in [1.54, 1.807) is 0 Å². The fourth-order valence-electron chi connectivity index (χ4n) is 2.41. The second-order valence-corrected chi connectivity index (χ2v) is 6.61. The molecule has 1 aliphatic heterocycles. The Morgan fingerprint density at radius 1 is 1.00 bits per heavy atom. The van der Waals surface area contributed by atoms with Crippen LogP contribution in [-0.4, -0.2) is 34.5 Å². The van der Waals surface area contributed by atoms with E-state index in [-0.39, 0.29) is 11.1 Å². The number of aryl methyl sites for hydroxylation is 1. The Kier molecular flexibility index (Phi) is 5.05. The monoisotopic (exact) mass is 341 g/mol. The Labute approximate surface area is 145 Å². The fraction of sp³-hybridized carbons (Fsp3) is 0.222. The standard InChI is InChI=1S/C18H19N3O2S/c1-13-7-9-14(10-8-13)19-11-12-21-17(22)16(24-18(21)23)20-15-5-3-2-4-6-15/h2-10,16,19-20H,11-12H2,1H3/t16-/m0/s1. The zero-order chi connectivity index (χ0) is 16.9. The van der Waals surface area contributed by atoms with Crippen LogP contribution in [-0.2, 0) is 4.79 Å². The molecule has 1 fully saturated rings. The minimum atomic E-state index is -0.556. The van der Waals surface area contributed by atoms with E-state index in [1.165, 1.54) is 10.5 Å². The van der Waals surface area contributed by atoms with Crippen LogP contribution in [0.4, 0.5) is 16.2 Å². The molecule has 0 aliphatic carbocycles. The Hall–Kier alpha value is -2.47. The van der Waals surface area contributed by atoms with Crippen LogP contribution in [0.3, 0.4) is 0 Å². The van der Waals surface area contributed by atoms with E-state index in [4.69, 9.17) is 0 Å². The van der Waals surface area contributed by atoms with Gasteiger partial charge < -0.3 is 10.6 Å². The molecule has 3 rings (SSSR count). The highest BCUT2D eigenvalue weighted by molar-refractivity contribution is 8.15. The molecule has 2 N–H and O–H groups in total. The molecule has 0 spiro atoms. The van der Waals surface area contributed by atoms with Crippen LogP contribution < -0.4 is 10.6 Å². The molecule has 0 saturated carbocycles. The zero-order valence-corrected chi connectivity index (χ0v) is 14.2. The van der Waals surface area contributed by atoms with Gasteiger partial charge in [0.05, 0.1) is 0 Å². The summed E-state index contributed by atoms with van der Waals surface area (Å²) >= 11 is 1.02. The molecular formula is C18H19N3O2S. The lowest BCUT2D eigenvalue weighted by Crippen LogP contribution is -2.37. The van der Waals surface area contributed by atoms with Gasteiger partial charge in [-0.05, 0) is 43.0 Å². The van der Waals surface area contributed by atoms with Crippen molar-refractivity contribution < 1.29 is 9.59 Å². The quantitative estimate of drug-likeness (QED) is 0.841. The molecular weight excluding hydrogens is 322 g/mol. The van der Waals surface area contributed by atoms with Crippen LogP contribution in [0.2, 0.25) is 0 Å². The maximum absolute atomic E-state index is 12.4. The fourth-order valence-corrected chi connectivity index (χ4v) is 3.34. The average Bonchev–Trinajstić information content (AvgIpc) is 2.85. The molecule has 2 aromatic rings. The number of hydrogen-bond acceptors (Lipinski definition) is 5. The third-order valence-corrected chi connectivity index (χ3v) is 4.69. The normalized spacial score (nSPS) is 17.2. The van der Waals surface area contributed by atoms with Crippen molar-refractivity contribution in [1.29, 1.82) is 0 Å². The SMILES string of the molecule is Cc1ccc(NCCN2C(=O)S[C@H](Nc3ccccc3)C2=O)cc1. The number of benzene rings is 2. The summed E-state index contributed by atoms with van der Waals surface area (Å²) < 4.78 is 0. The van der Waals surface area contributed by atoms with Crippen LogP contribution in [0.1, 0.15) is 5.56 Å². The molecule has 1 heterocycles. The van der Waals surface area contributed by atoms with Gasteiger partial charge in [0.1, 0.15) is 0 Å². The zero-order valence-electron chi connectivity index (χ0n) is 13.4. The highest BCUT2D eigenvalue weighted by atomic mass is 32.2. The predicted octanol–water partition coefficient (Wildman–Crippen LogP) is 3.54. The highest BCUT2D eigenvalue weighted by Gasteiger charge is 2.39. The van der Waals surface area contributed by atoms with E-state index in [1.807, 2.05) is 61.5 Å². The summed E-state index contributed by atoms with van der Waals surface area (Å²) in [5.41, 5.74) is 3.00. The van der Waals surface area contributed by atoms with Crippen molar-refractivity contribution in [2.45, 2.75) is 12.3 Å². The molecule has 24 heavy (non-hydrogen) atoms. The predicted molar refractivity (Wildman–Crippen MR) is 98.2 cm³/mol. The average molecular weight is 341 g/mol. The molecule has 0 aromatic heterocycles. The van der Waals surface area contributed by atoms with Gasteiger partial charge in [-0.25, -0.2) is 0 Å². The smallest absolute Gasteiger partial charge is 0.290 e. The molecule has 2 amide bonds. The lowest BCUT2D eigenvalue weighted by atomic mass is 10.2. The Bertz CT molecular complexity index is 719. The lowest BCUT2D eigenvalue weighted by Gasteiger charge is -2.15. The first-order valence-corrected chi connectivity index (χ1v) is 8.65. The highest BCUT2D eigenvalue weighted by Crippen LogP contribution is 2.27. The van der Waals surface area contributed by atoms with Gasteiger partial charge in [0.15, 0.2) is 5.37 Å². The van der Waals surface area contributed by atoms with Crippen LogP contribution in [0.25, 0.3) is 0 Å². The van der Waals surface area contributed by atoms with E-state index < -0.39 is 5.37 Å². The number of carbonyl (C=O) groups is 2. The molecule has 1 atom stereocenters. The van der Waals surface area contributed by atoms with Gasteiger partial charge in [-0.3, -0.25) is 14.5 Å². The Morgan fingerprint density at radius 2 is 1.71 bits per heavy atom.